The standard InChI is InChI=1S/C22H21F2N3O3/c1-12-2-3-13(20(28)25-16-4-5-16)8-19(12)26-21(29)18-6-7-27(22(18)30)17-10-14(23)9-15(24)11-17/h2-3,8-11,16,18H,4-7H2,1H3,(H,25,28)(H,26,29). The Morgan fingerprint density at radius 1 is 1.03 bits per heavy atom. The fourth-order valence-electron chi connectivity index (χ4n) is 3.49. The van der Waals surface area contributed by atoms with Gasteiger partial charge in [0.1, 0.15) is 17.6 Å². The molecule has 0 radical (unpaired) electrons. The summed E-state index contributed by atoms with van der Waals surface area (Å²) in [7, 11) is 0. The maximum atomic E-state index is 13.5. The van der Waals surface area contributed by atoms with Crippen molar-refractivity contribution in [1.82, 2.24) is 5.32 Å². The molecule has 1 unspecified atom stereocenters. The minimum atomic E-state index is -0.973. The van der Waals surface area contributed by atoms with Crippen LogP contribution in [0, 0.1) is 24.5 Å². The topological polar surface area (TPSA) is 78.5 Å². The number of rotatable bonds is 5. The van der Waals surface area contributed by atoms with E-state index in [2.05, 4.69) is 10.6 Å². The first kappa shape index (κ1) is 20.0. The fraction of sp³-hybridized carbons (Fsp3) is 0.318. The summed E-state index contributed by atoms with van der Waals surface area (Å²) in [6.45, 7) is 1.97. The lowest BCUT2D eigenvalue weighted by Gasteiger charge is -2.17. The molecule has 156 valence electrons. The van der Waals surface area contributed by atoms with Crippen molar-refractivity contribution >= 4 is 29.1 Å². The van der Waals surface area contributed by atoms with Gasteiger partial charge in [0.15, 0.2) is 0 Å². The van der Waals surface area contributed by atoms with E-state index in [-0.39, 0.29) is 30.6 Å². The molecule has 0 aromatic heterocycles. The van der Waals surface area contributed by atoms with E-state index in [9.17, 15) is 23.2 Å². The Bertz CT molecular complexity index is 1020. The Hall–Kier alpha value is -3.29. The first-order valence-electron chi connectivity index (χ1n) is 9.81. The van der Waals surface area contributed by atoms with Crippen LogP contribution < -0.4 is 15.5 Å². The molecule has 1 saturated heterocycles. The quantitative estimate of drug-likeness (QED) is 0.740. The van der Waals surface area contributed by atoms with Gasteiger partial charge in [0.25, 0.3) is 5.91 Å². The molecule has 1 aliphatic carbocycles. The second-order valence-electron chi connectivity index (χ2n) is 7.73. The third-order valence-electron chi connectivity index (χ3n) is 5.35. The summed E-state index contributed by atoms with van der Waals surface area (Å²) >= 11 is 0. The molecule has 1 aliphatic heterocycles. The molecule has 1 atom stereocenters. The molecule has 0 spiro atoms. The number of hydrogen-bond acceptors (Lipinski definition) is 3. The summed E-state index contributed by atoms with van der Waals surface area (Å²) in [5.41, 5.74) is 1.72. The average molecular weight is 413 g/mol. The van der Waals surface area contributed by atoms with E-state index in [0.717, 1.165) is 36.6 Å². The maximum Gasteiger partial charge on any atom is 0.251 e. The summed E-state index contributed by atoms with van der Waals surface area (Å²) in [5, 5.41) is 5.62. The summed E-state index contributed by atoms with van der Waals surface area (Å²) in [6.07, 6.45) is 2.16. The van der Waals surface area contributed by atoms with E-state index in [1.165, 1.54) is 4.90 Å². The van der Waals surface area contributed by atoms with Crippen molar-refractivity contribution in [3.8, 4) is 0 Å². The Morgan fingerprint density at radius 2 is 1.73 bits per heavy atom. The largest absolute Gasteiger partial charge is 0.349 e. The lowest BCUT2D eigenvalue weighted by atomic mass is 10.1. The monoisotopic (exact) mass is 413 g/mol. The second kappa shape index (κ2) is 7.85. The zero-order valence-electron chi connectivity index (χ0n) is 16.4. The van der Waals surface area contributed by atoms with Crippen LogP contribution in [-0.4, -0.2) is 30.3 Å². The second-order valence-corrected chi connectivity index (χ2v) is 7.73. The van der Waals surface area contributed by atoms with Crippen molar-refractivity contribution in [3.05, 3.63) is 59.2 Å². The van der Waals surface area contributed by atoms with Crippen LogP contribution in [0.25, 0.3) is 0 Å². The van der Waals surface area contributed by atoms with Crippen LogP contribution in [0.15, 0.2) is 36.4 Å². The zero-order valence-corrected chi connectivity index (χ0v) is 16.4. The third-order valence-corrected chi connectivity index (χ3v) is 5.35. The number of anilines is 2. The Labute approximate surface area is 172 Å². The summed E-state index contributed by atoms with van der Waals surface area (Å²) in [4.78, 5) is 38.9. The predicted octanol–water partition coefficient (Wildman–Crippen LogP) is 3.16. The van der Waals surface area contributed by atoms with Gasteiger partial charge in [-0.25, -0.2) is 8.78 Å². The molecule has 2 aromatic rings. The van der Waals surface area contributed by atoms with Gasteiger partial charge >= 0.3 is 0 Å². The highest BCUT2D eigenvalue weighted by Crippen LogP contribution is 2.28. The fourth-order valence-corrected chi connectivity index (χ4v) is 3.49. The summed E-state index contributed by atoms with van der Waals surface area (Å²) in [5.74, 6) is -3.78. The van der Waals surface area contributed by atoms with E-state index in [4.69, 9.17) is 0 Å². The maximum absolute atomic E-state index is 13.5. The van der Waals surface area contributed by atoms with Crippen LogP contribution >= 0.6 is 0 Å². The smallest absolute Gasteiger partial charge is 0.251 e. The van der Waals surface area contributed by atoms with Gasteiger partial charge in [-0.15, -0.1) is 0 Å². The summed E-state index contributed by atoms with van der Waals surface area (Å²) < 4.78 is 27.0. The van der Waals surface area contributed by atoms with Crippen LogP contribution in [0.5, 0.6) is 0 Å². The molecule has 2 fully saturated rings. The first-order chi connectivity index (χ1) is 14.3. The van der Waals surface area contributed by atoms with Crippen LogP contribution in [0.1, 0.15) is 35.2 Å². The summed E-state index contributed by atoms with van der Waals surface area (Å²) in [6, 6.07) is 8.07. The molecule has 1 heterocycles. The van der Waals surface area contributed by atoms with Crippen LogP contribution in [0.3, 0.4) is 0 Å². The van der Waals surface area contributed by atoms with E-state index in [1.54, 1.807) is 25.1 Å². The third kappa shape index (κ3) is 4.17. The number of hydrogen-bond donors (Lipinski definition) is 2. The van der Waals surface area contributed by atoms with Crippen molar-refractivity contribution in [1.29, 1.82) is 0 Å². The highest BCUT2D eigenvalue weighted by Gasteiger charge is 2.38. The molecule has 1 saturated carbocycles. The van der Waals surface area contributed by atoms with E-state index in [1.807, 2.05) is 0 Å². The SMILES string of the molecule is Cc1ccc(C(=O)NC2CC2)cc1NC(=O)C1CCN(c2cc(F)cc(F)c2)C1=O. The molecular weight excluding hydrogens is 392 g/mol. The minimum Gasteiger partial charge on any atom is -0.349 e. The molecule has 2 aliphatic rings. The lowest BCUT2D eigenvalue weighted by molar-refractivity contribution is -0.129. The van der Waals surface area contributed by atoms with Gasteiger partial charge in [0.2, 0.25) is 11.8 Å². The normalized spacial score (nSPS) is 18.4. The average Bonchev–Trinajstić information content (AvgIpc) is 3.41. The lowest BCUT2D eigenvalue weighted by Crippen LogP contribution is -2.33. The molecule has 2 aromatic carbocycles. The number of carbonyl (C=O) groups excluding carboxylic acids is 3. The van der Waals surface area contributed by atoms with Gasteiger partial charge in [0, 0.05) is 35.6 Å². The van der Waals surface area contributed by atoms with Gasteiger partial charge in [0.05, 0.1) is 0 Å². The number of nitrogens with one attached hydrogen (secondary N) is 2. The number of amides is 3. The number of carbonyl (C=O) groups is 3. The van der Waals surface area contributed by atoms with Crippen molar-refractivity contribution < 1.29 is 23.2 Å². The van der Waals surface area contributed by atoms with Crippen LogP contribution in [0.2, 0.25) is 0 Å². The minimum absolute atomic E-state index is 0.0859. The van der Waals surface area contributed by atoms with Gasteiger partial charge in [-0.2, -0.15) is 0 Å². The van der Waals surface area contributed by atoms with Gasteiger partial charge in [-0.1, -0.05) is 6.07 Å². The Morgan fingerprint density at radius 3 is 2.40 bits per heavy atom. The molecule has 8 heteroatoms. The number of aryl methyl sites for hydroxylation is 1. The highest BCUT2D eigenvalue weighted by atomic mass is 19.1. The molecule has 3 amide bonds. The molecular formula is C22H21F2N3O3. The predicted molar refractivity (Wildman–Crippen MR) is 107 cm³/mol. The Kier molecular flexibility index (Phi) is 5.24. The molecule has 2 N–H and O–H groups in total. The van der Waals surface area contributed by atoms with Crippen molar-refractivity contribution in [2.75, 3.05) is 16.8 Å². The first-order valence-corrected chi connectivity index (χ1v) is 9.81. The van der Waals surface area contributed by atoms with Gasteiger partial charge in [-0.3, -0.25) is 14.4 Å². The molecule has 6 nitrogen and oxygen atoms in total. The highest BCUT2D eigenvalue weighted by molar-refractivity contribution is 6.13. The van der Waals surface area contributed by atoms with Gasteiger partial charge < -0.3 is 15.5 Å². The van der Waals surface area contributed by atoms with E-state index >= 15 is 0 Å². The van der Waals surface area contributed by atoms with Crippen molar-refractivity contribution in [3.63, 3.8) is 0 Å². The van der Waals surface area contributed by atoms with Crippen LogP contribution in [0.4, 0.5) is 20.2 Å². The number of benzene rings is 2. The molecule has 0 bridgehead atoms. The number of nitrogens with zero attached hydrogens (tertiary/aromatic N) is 1. The van der Waals surface area contributed by atoms with E-state index in [0.29, 0.717) is 11.3 Å². The molecule has 30 heavy (non-hydrogen) atoms. The zero-order chi connectivity index (χ0) is 21.4. The van der Waals surface area contributed by atoms with Gasteiger partial charge in [-0.05, 0) is 56.0 Å². The molecule has 4 rings (SSSR count). The van der Waals surface area contributed by atoms with Crippen LogP contribution in [-0.2, 0) is 9.59 Å². The van der Waals surface area contributed by atoms with Crippen molar-refractivity contribution in [2.45, 2.75) is 32.2 Å². The number of halogens is 2. The Balaban J connectivity index is 1.47. The van der Waals surface area contributed by atoms with E-state index < -0.39 is 29.4 Å². The van der Waals surface area contributed by atoms with Crippen molar-refractivity contribution in [2.24, 2.45) is 5.92 Å².